The van der Waals surface area contributed by atoms with Crippen molar-refractivity contribution < 1.29 is 0 Å². The Morgan fingerprint density at radius 2 is 2.00 bits per heavy atom. The number of hydrogen-bond donors (Lipinski definition) is 0. The van der Waals surface area contributed by atoms with Gasteiger partial charge >= 0.3 is 53.3 Å². The molecule has 0 aromatic heterocycles. The van der Waals surface area contributed by atoms with Crippen LogP contribution in [0.15, 0.2) is 8.17 Å². The van der Waals surface area contributed by atoms with Gasteiger partial charge in [0, 0.05) is 0 Å². The molecule has 0 bridgehead atoms. The minimum atomic E-state index is 1.23. The molecular weight excluding hydrogens is 270 g/mol. The van der Waals surface area contributed by atoms with Gasteiger partial charge in [0.1, 0.15) is 0 Å². The fourth-order valence-electron chi connectivity index (χ4n) is 0. The summed E-state index contributed by atoms with van der Waals surface area (Å²) < 4.78 is 1.23. The van der Waals surface area contributed by atoms with Crippen molar-refractivity contribution >= 4 is 45.1 Å². The molecule has 21 valence electrons. The van der Waals surface area contributed by atoms with Crippen molar-refractivity contribution in [3.63, 3.8) is 0 Å². The Hall–Kier alpha value is 1.27. The van der Waals surface area contributed by atoms with Crippen molar-refractivity contribution in [3.8, 4) is 0 Å². The minimum absolute atomic E-state index is 1.23. The van der Waals surface area contributed by atoms with Gasteiger partial charge in [-0.2, -0.15) is 0 Å². The van der Waals surface area contributed by atoms with Crippen LogP contribution in [0, 0.1) is 0 Å². The first kappa shape index (κ1) is 5.27. The van der Waals surface area contributed by atoms with Gasteiger partial charge in [-0.1, -0.05) is 0 Å². The first-order chi connectivity index (χ1) is 1.73. The molecule has 0 rings (SSSR count). The van der Waals surface area contributed by atoms with Crippen LogP contribution in [0.2, 0.25) is 0 Å². The quantitative estimate of drug-likeness (QED) is 0.457. The van der Waals surface area contributed by atoms with Gasteiger partial charge in [0.2, 0.25) is 0 Å². The van der Waals surface area contributed by atoms with Crippen LogP contribution >= 0.6 is 22.6 Å². The molecule has 0 saturated heterocycles. The van der Waals surface area contributed by atoms with E-state index in [0.717, 1.165) is 0 Å². The Morgan fingerprint density at radius 1 is 2.00 bits per heavy atom. The summed E-state index contributed by atoms with van der Waals surface area (Å²) in [5.41, 5.74) is 0. The Bertz CT molecular complexity index is 29.0. The van der Waals surface area contributed by atoms with Crippen molar-refractivity contribution in [3.05, 3.63) is 8.17 Å². The van der Waals surface area contributed by atoms with Gasteiger partial charge in [-0.05, 0) is 0 Å². The molecule has 0 unspecified atom stereocenters. The molecule has 2 heteroatoms. The van der Waals surface area contributed by atoms with E-state index in [4.69, 9.17) is 0 Å². The molecular formula is C2H2ISn. The predicted octanol–water partition coefficient (Wildman–Crippen LogP) is 1.06. The molecule has 0 heterocycles. The second-order valence-electron chi connectivity index (χ2n) is 0.405. The van der Waals surface area contributed by atoms with E-state index in [-0.39, 0.29) is 0 Å². The van der Waals surface area contributed by atoms with E-state index in [1.807, 2.05) is 0 Å². The van der Waals surface area contributed by atoms with E-state index in [1.54, 1.807) is 0 Å². The SMILES string of the molecule is C=[C]([Sn])I. The molecule has 0 aliphatic rings. The Labute approximate surface area is 52.9 Å². The van der Waals surface area contributed by atoms with Gasteiger partial charge in [0.25, 0.3) is 0 Å². The molecule has 0 amide bonds. The molecule has 0 saturated carbocycles. The van der Waals surface area contributed by atoms with Crippen LogP contribution in [-0.4, -0.2) is 22.5 Å². The van der Waals surface area contributed by atoms with Gasteiger partial charge in [-0.15, -0.1) is 0 Å². The third-order valence-electron chi connectivity index (χ3n) is 0. The average Bonchev–Trinajstić information content (AvgIpc) is 0.811. The third kappa shape index (κ3) is 10.5. The molecule has 4 heavy (non-hydrogen) atoms. The van der Waals surface area contributed by atoms with Gasteiger partial charge in [0.05, 0.1) is 0 Å². The van der Waals surface area contributed by atoms with E-state index in [1.165, 1.54) is 24.1 Å². The summed E-state index contributed by atoms with van der Waals surface area (Å²) in [6, 6.07) is 0. The Balaban J connectivity index is 2.80. The van der Waals surface area contributed by atoms with Crippen molar-refractivity contribution in [1.29, 1.82) is 0 Å². The van der Waals surface area contributed by atoms with Crippen LogP contribution in [0.3, 0.4) is 0 Å². The monoisotopic (exact) mass is 273 g/mol. The second kappa shape index (κ2) is 2.50. The summed E-state index contributed by atoms with van der Waals surface area (Å²) in [5, 5.41) is 0. The maximum absolute atomic E-state index is 3.58. The van der Waals surface area contributed by atoms with E-state index < -0.39 is 0 Å². The molecule has 0 spiro atoms. The first-order valence-corrected chi connectivity index (χ1v) is 3.30. The summed E-state index contributed by atoms with van der Waals surface area (Å²) in [4.78, 5) is 0. The molecule has 0 aliphatic carbocycles. The van der Waals surface area contributed by atoms with Crippen LogP contribution in [0.1, 0.15) is 0 Å². The third-order valence-corrected chi connectivity index (χ3v) is 0. The normalized spacial score (nSPS) is 6.50. The van der Waals surface area contributed by atoms with E-state index in [0.29, 0.717) is 0 Å². The first-order valence-electron chi connectivity index (χ1n) is 0.793. The molecule has 0 aliphatic heterocycles. The topological polar surface area (TPSA) is 0 Å². The fourth-order valence-corrected chi connectivity index (χ4v) is 0. The van der Waals surface area contributed by atoms with Gasteiger partial charge in [-0.25, -0.2) is 0 Å². The molecule has 0 aromatic carbocycles. The summed E-state index contributed by atoms with van der Waals surface area (Å²) in [6.07, 6.45) is 0. The van der Waals surface area contributed by atoms with Crippen LogP contribution in [0.5, 0.6) is 0 Å². The summed E-state index contributed by atoms with van der Waals surface area (Å²) in [5.74, 6) is 0. The average molecular weight is 272 g/mol. The zero-order valence-corrected chi connectivity index (χ0v) is 7.10. The van der Waals surface area contributed by atoms with E-state index >= 15 is 0 Å². The molecule has 0 atom stereocenters. The Morgan fingerprint density at radius 3 is 2.00 bits per heavy atom. The van der Waals surface area contributed by atoms with Crippen LogP contribution in [0.4, 0.5) is 0 Å². The number of halogens is 1. The van der Waals surface area contributed by atoms with Gasteiger partial charge in [-0.3, -0.25) is 0 Å². The fraction of sp³-hybridized carbons (Fsp3) is 0. The zero-order chi connectivity index (χ0) is 3.58. The number of hydrogen-bond acceptors (Lipinski definition) is 0. The standard InChI is InChI=1S/C2H2I.Sn/c1-2-3;/h1H2;. The summed E-state index contributed by atoms with van der Waals surface area (Å²) in [7, 11) is 0. The molecule has 0 N–H and O–H groups in total. The summed E-state index contributed by atoms with van der Waals surface area (Å²) in [6.45, 7) is 3.58. The Kier molecular flexibility index (Phi) is 3.30. The molecule has 0 nitrogen and oxygen atoms in total. The van der Waals surface area contributed by atoms with Gasteiger partial charge in [0.15, 0.2) is 0 Å². The zero-order valence-electron chi connectivity index (χ0n) is 2.09. The van der Waals surface area contributed by atoms with Gasteiger partial charge < -0.3 is 0 Å². The van der Waals surface area contributed by atoms with E-state index in [9.17, 15) is 0 Å². The predicted molar refractivity (Wildman–Crippen MR) is 28.9 cm³/mol. The van der Waals surface area contributed by atoms with E-state index in [2.05, 4.69) is 29.2 Å². The van der Waals surface area contributed by atoms with Crippen molar-refractivity contribution in [2.24, 2.45) is 0 Å². The van der Waals surface area contributed by atoms with Crippen LogP contribution < -0.4 is 0 Å². The van der Waals surface area contributed by atoms with Crippen LogP contribution in [0.25, 0.3) is 0 Å². The molecule has 0 fully saturated rings. The maximum atomic E-state index is 3.58. The summed E-state index contributed by atoms with van der Waals surface area (Å²) >= 11 is 3.62. The van der Waals surface area contributed by atoms with Crippen molar-refractivity contribution in [2.75, 3.05) is 0 Å². The second-order valence-corrected chi connectivity index (χ2v) is 6.33. The molecule has 0 aromatic rings. The van der Waals surface area contributed by atoms with Crippen molar-refractivity contribution in [1.82, 2.24) is 0 Å². The van der Waals surface area contributed by atoms with Crippen molar-refractivity contribution in [2.45, 2.75) is 0 Å². The number of rotatable bonds is 0. The molecule has 3 radical (unpaired) electrons. The van der Waals surface area contributed by atoms with Crippen LogP contribution in [-0.2, 0) is 0 Å².